The first-order chi connectivity index (χ1) is 15.9. The second kappa shape index (κ2) is 10.1. The molecule has 1 amide bonds. The fourth-order valence-corrected chi connectivity index (χ4v) is 4.44. The molecule has 0 aliphatic rings. The lowest BCUT2D eigenvalue weighted by atomic mass is 10.1. The Morgan fingerprint density at radius 1 is 0.909 bits per heavy atom. The van der Waals surface area contributed by atoms with Gasteiger partial charge in [-0.2, -0.15) is 0 Å². The van der Waals surface area contributed by atoms with Crippen LogP contribution < -0.4 is 10.5 Å². The molecule has 0 bridgehead atoms. The molecule has 0 aliphatic heterocycles. The minimum atomic E-state index is -3.70. The van der Waals surface area contributed by atoms with Gasteiger partial charge >= 0.3 is 0 Å². The van der Waals surface area contributed by atoms with Crippen LogP contribution in [0.4, 0.5) is 0 Å². The summed E-state index contributed by atoms with van der Waals surface area (Å²) in [4.78, 5) is 12.2. The number of hydrogen-bond acceptors (Lipinski definition) is 6. The van der Waals surface area contributed by atoms with Crippen LogP contribution in [0.3, 0.4) is 0 Å². The second-order valence-corrected chi connectivity index (χ2v) is 9.95. The molecule has 168 valence electrons. The first-order valence-electron chi connectivity index (χ1n) is 10.2. The van der Waals surface area contributed by atoms with Gasteiger partial charge in [0.1, 0.15) is 5.03 Å². The minimum absolute atomic E-state index is 0.0689. The Hall–Kier alpha value is -3.27. The third kappa shape index (κ3) is 6.16. The van der Waals surface area contributed by atoms with Gasteiger partial charge in [0.25, 0.3) is 0 Å². The number of thioether (sulfide) groups is 1. The van der Waals surface area contributed by atoms with Gasteiger partial charge in [-0.3, -0.25) is 4.79 Å². The fraction of sp³-hybridized carbons (Fsp3) is 0.125. The molecular weight excluding hydrogens is 456 g/mol. The van der Waals surface area contributed by atoms with E-state index in [1.807, 2.05) is 30.3 Å². The second-order valence-electron chi connectivity index (χ2n) is 7.40. The summed E-state index contributed by atoms with van der Waals surface area (Å²) in [5, 5.41) is 19.5. The Balaban J connectivity index is 1.25. The lowest BCUT2D eigenvalue weighted by molar-refractivity contribution is -0.118. The molecule has 33 heavy (non-hydrogen) atoms. The van der Waals surface area contributed by atoms with Crippen molar-refractivity contribution < 1.29 is 13.2 Å². The molecule has 9 heteroatoms. The number of carbonyl (C=O) groups excluding carboxylic acids is 1. The molecule has 0 spiro atoms. The highest BCUT2D eigenvalue weighted by Crippen LogP contribution is 2.24. The zero-order chi connectivity index (χ0) is 23.3. The van der Waals surface area contributed by atoms with Crippen LogP contribution in [0.2, 0.25) is 0 Å². The van der Waals surface area contributed by atoms with E-state index in [9.17, 15) is 13.2 Å². The highest BCUT2D eigenvalue weighted by molar-refractivity contribution is 7.99. The first-order valence-corrected chi connectivity index (χ1v) is 12.8. The van der Waals surface area contributed by atoms with E-state index >= 15 is 0 Å². The third-order valence-electron chi connectivity index (χ3n) is 5.02. The van der Waals surface area contributed by atoms with Crippen LogP contribution in [0.1, 0.15) is 5.56 Å². The number of primary sulfonamides is 1. The monoisotopic (exact) mass is 478 g/mol. The summed E-state index contributed by atoms with van der Waals surface area (Å²) in [7, 11) is -3.70. The van der Waals surface area contributed by atoms with Gasteiger partial charge in [0, 0.05) is 12.1 Å². The van der Waals surface area contributed by atoms with Crippen molar-refractivity contribution in [2.75, 3.05) is 12.3 Å². The lowest BCUT2D eigenvalue weighted by Crippen LogP contribution is -2.27. The molecule has 3 N–H and O–H groups in total. The number of nitrogens with two attached hydrogens (primary N) is 1. The van der Waals surface area contributed by atoms with Gasteiger partial charge in [-0.05, 0) is 53.1 Å². The number of amides is 1. The molecule has 0 radical (unpaired) electrons. The summed E-state index contributed by atoms with van der Waals surface area (Å²) in [6.07, 6.45) is 0.585. The van der Waals surface area contributed by atoms with Crippen LogP contribution in [-0.2, 0) is 21.2 Å². The van der Waals surface area contributed by atoms with E-state index in [4.69, 9.17) is 5.14 Å². The van der Waals surface area contributed by atoms with Crippen LogP contribution in [-0.4, -0.2) is 36.8 Å². The number of nitrogens with one attached hydrogen (secondary N) is 1. The summed E-state index contributed by atoms with van der Waals surface area (Å²) in [6.45, 7) is 0.445. The molecule has 0 unspecified atom stereocenters. The topological polar surface area (TPSA) is 115 Å². The Morgan fingerprint density at radius 2 is 1.67 bits per heavy atom. The molecule has 4 aromatic rings. The highest BCUT2D eigenvalue weighted by Gasteiger charge is 2.08. The minimum Gasteiger partial charge on any atom is -0.355 e. The number of sulfonamides is 1. The summed E-state index contributed by atoms with van der Waals surface area (Å²) in [5.74, 6) is 0.121. The summed E-state index contributed by atoms with van der Waals surface area (Å²) in [6, 6.07) is 24.4. The maximum absolute atomic E-state index is 12.1. The van der Waals surface area contributed by atoms with E-state index in [0.717, 1.165) is 22.2 Å². The van der Waals surface area contributed by atoms with Crippen molar-refractivity contribution in [3.8, 4) is 11.3 Å². The standard InChI is InChI=1S/C24H22N4O3S2/c25-33(30,31)21-9-5-17(6-10-21)13-14-26-23(29)16-32-24-12-11-22(27-28-24)20-8-7-18-3-1-2-4-19(18)15-20/h1-12,15H,13-14,16H2,(H,26,29)(H2,25,30,31). The molecule has 1 heterocycles. The van der Waals surface area contributed by atoms with Gasteiger partial charge in [-0.1, -0.05) is 60.3 Å². The van der Waals surface area contributed by atoms with Crippen LogP contribution in [0.15, 0.2) is 88.8 Å². The van der Waals surface area contributed by atoms with Crippen molar-refractivity contribution in [1.29, 1.82) is 0 Å². The zero-order valence-electron chi connectivity index (χ0n) is 17.6. The van der Waals surface area contributed by atoms with E-state index < -0.39 is 10.0 Å². The number of carbonyl (C=O) groups is 1. The number of benzene rings is 3. The molecule has 3 aromatic carbocycles. The Kier molecular flexibility index (Phi) is 7.02. The SMILES string of the molecule is NS(=O)(=O)c1ccc(CCNC(=O)CSc2ccc(-c3ccc4ccccc4c3)nn2)cc1. The summed E-state index contributed by atoms with van der Waals surface area (Å²) < 4.78 is 22.6. The molecule has 4 rings (SSSR count). The van der Waals surface area contributed by atoms with E-state index in [-0.39, 0.29) is 16.6 Å². The summed E-state index contributed by atoms with van der Waals surface area (Å²) >= 11 is 1.32. The highest BCUT2D eigenvalue weighted by atomic mass is 32.2. The predicted molar refractivity (Wildman–Crippen MR) is 130 cm³/mol. The number of hydrogen-bond donors (Lipinski definition) is 2. The molecule has 0 fully saturated rings. The molecule has 0 aliphatic carbocycles. The van der Waals surface area contributed by atoms with Gasteiger partial charge in [0.15, 0.2) is 0 Å². The average molecular weight is 479 g/mol. The zero-order valence-corrected chi connectivity index (χ0v) is 19.3. The molecule has 7 nitrogen and oxygen atoms in total. The van der Waals surface area contributed by atoms with E-state index in [0.29, 0.717) is 18.0 Å². The van der Waals surface area contributed by atoms with Crippen molar-refractivity contribution in [1.82, 2.24) is 15.5 Å². The van der Waals surface area contributed by atoms with Crippen LogP contribution in [0.5, 0.6) is 0 Å². The smallest absolute Gasteiger partial charge is 0.238 e. The first kappa shape index (κ1) is 22.9. The van der Waals surface area contributed by atoms with Gasteiger partial charge in [-0.15, -0.1) is 10.2 Å². The van der Waals surface area contributed by atoms with Crippen molar-refractivity contribution in [2.45, 2.75) is 16.3 Å². The summed E-state index contributed by atoms with van der Waals surface area (Å²) in [5.41, 5.74) is 2.68. The van der Waals surface area contributed by atoms with Crippen molar-refractivity contribution in [3.63, 3.8) is 0 Å². The largest absolute Gasteiger partial charge is 0.355 e. The van der Waals surface area contributed by atoms with Gasteiger partial charge < -0.3 is 5.32 Å². The van der Waals surface area contributed by atoms with E-state index in [1.165, 1.54) is 29.3 Å². The Labute approximate surface area is 196 Å². The van der Waals surface area contributed by atoms with Gasteiger partial charge in [-0.25, -0.2) is 13.6 Å². The molecule has 0 saturated heterocycles. The Bertz CT molecular complexity index is 1370. The van der Waals surface area contributed by atoms with Crippen molar-refractivity contribution in [3.05, 3.63) is 84.4 Å². The van der Waals surface area contributed by atoms with E-state index in [2.05, 4.69) is 39.8 Å². The molecule has 0 atom stereocenters. The van der Waals surface area contributed by atoms with Crippen LogP contribution >= 0.6 is 11.8 Å². The third-order valence-corrected chi connectivity index (χ3v) is 6.87. The Morgan fingerprint density at radius 3 is 2.36 bits per heavy atom. The molecule has 0 saturated carbocycles. The maximum Gasteiger partial charge on any atom is 0.238 e. The number of rotatable bonds is 8. The van der Waals surface area contributed by atoms with Gasteiger partial charge in [0.05, 0.1) is 16.3 Å². The number of fused-ring (bicyclic) bond motifs is 1. The normalized spacial score (nSPS) is 11.4. The van der Waals surface area contributed by atoms with E-state index in [1.54, 1.807) is 12.1 Å². The van der Waals surface area contributed by atoms with Crippen LogP contribution in [0, 0.1) is 0 Å². The van der Waals surface area contributed by atoms with Gasteiger partial charge in [0.2, 0.25) is 15.9 Å². The van der Waals surface area contributed by atoms with Crippen molar-refractivity contribution in [2.24, 2.45) is 5.14 Å². The number of nitrogens with zero attached hydrogens (tertiary/aromatic N) is 2. The maximum atomic E-state index is 12.1. The van der Waals surface area contributed by atoms with Crippen LogP contribution in [0.25, 0.3) is 22.0 Å². The average Bonchev–Trinajstić information content (AvgIpc) is 2.82. The quantitative estimate of drug-likeness (QED) is 0.375. The van der Waals surface area contributed by atoms with Crippen molar-refractivity contribution >= 4 is 38.5 Å². The lowest BCUT2D eigenvalue weighted by Gasteiger charge is -2.06. The fourth-order valence-electron chi connectivity index (χ4n) is 3.28. The number of aromatic nitrogens is 2. The molecular formula is C24H22N4O3S2. The predicted octanol–water partition coefficient (Wildman–Crippen LogP) is 3.40. The molecule has 1 aromatic heterocycles.